The van der Waals surface area contributed by atoms with E-state index in [1.807, 2.05) is 32.0 Å². The van der Waals surface area contributed by atoms with Gasteiger partial charge in [0.05, 0.1) is 12.5 Å². The molecule has 0 bridgehead atoms. The highest BCUT2D eigenvalue weighted by atomic mass is 16.5. The third-order valence-electron chi connectivity index (χ3n) is 4.51. The molecule has 0 radical (unpaired) electrons. The minimum Gasteiger partial charge on any atom is -0.466 e. The van der Waals surface area contributed by atoms with Crippen LogP contribution < -0.4 is 5.63 Å². The molecule has 1 aromatic carbocycles. The van der Waals surface area contributed by atoms with Crippen molar-refractivity contribution in [2.75, 3.05) is 19.7 Å². The van der Waals surface area contributed by atoms with E-state index in [-0.39, 0.29) is 17.5 Å². The fraction of sp³-hybridized carbons (Fsp3) is 0.474. The average Bonchev–Trinajstić information content (AvgIpc) is 2.54. The van der Waals surface area contributed by atoms with Crippen molar-refractivity contribution in [2.24, 2.45) is 5.92 Å². The summed E-state index contributed by atoms with van der Waals surface area (Å²) in [5, 5.41) is 0.957. The molecule has 0 N–H and O–H groups in total. The number of fused-ring (bicyclic) bond motifs is 1. The number of ether oxygens (including phenoxy) is 1. The highest BCUT2D eigenvalue weighted by Crippen LogP contribution is 2.23. The van der Waals surface area contributed by atoms with E-state index in [9.17, 15) is 9.59 Å². The van der Waals surface area contributed by atoms with Crippen molar-refractivity contribution in [1.29, 1.82) is 0 Å². The predicted molar refractivity (Wildman–Crippen MR) is 91.9 cm³/mol. The Labute approximate surface area is 141 Å². The lowest BCUT2D eigenvalue weighted by molar-refractivity contribution is -0.150. The molecule has 1 fully saturated rings. The van der Waals surface area contributed by atoms with Gasteiger partial charge in [-0.25, -0.2) is 4.79 Å². The van der Waals surface area contributed by atoms with Gasteiger partial charge < -0.3 is 9.15 Å². The van der Waals surface area contributed by atoms with Gasteiger partial charge in [0.15, 0.2) is 0 Å². The summed E-state index contributed by atoms with van der Waals surface area (Å²) >= 11 is 0. The second-order valence-corrected chi connectivity index (χ2v) is 6.42. The van der Waals surface area contributed by atoms with Crippen LogP contribution in [0.2, 0.25) is 0 Å². The summed E-state index contributed by atoms with van der Waals surface area (Å²) in [6.45, 7) is 6.45. The largest absolute Gasteiger partial charge is 0.466 e. The van der Waals surface area contributed by atoms with Gasteiger partial charge in [0.1, 0.15) is 5.58 Å². The van der Waals surface area contributed by atoms with Crippen LogP contribution in [0, 0.1) is 12.8 Å². The average molecular weight is 329 g/mol. The lowest BCUT2D eigenvalue weighted by Gasteiger charge is -2.31. The Morgan fingerprint density at radius 1 is 1.38 bits per heavy atom. The first kappa shape index (κ1) is 16.7. The van der Waals surface area contributed by atoms with Gasteiger partial charge >= 0.3 is 11.6 Å². The van der Waals surface area contributed by atoms with Crippen LogP contribution in [-0.2, 0) is 16.1 Å². The molecule has 0 spiro atoms. The number of hydrogen-bond acceptors (Lipinski definition) is 5. The Morgan fingerprint density at radius 3 is 3.00 bits per heavy atom. The normalized spacial score (nSPS) is 18.7. The smallest absolute Gasteiger partial charge is 0.336 e. The molecule has 2 aromatic rings. The molecule has 5 heteroatoms. The first-order chi connectivity index (χ1) is 11.6. The van der Waals surface area contributed by atoms with Crippen molar-refractivity contribution in [1.82, 2.24) is 4.90 Å². The van der Waals surface area contributed by atoms with Crippen LogP contribution in [0.3, 0.4) is 0 Å². The van der Waals surface area contributed by atoms with Crippen LogP contribution in [0.25, 0.3) is 11.0 Å². The van der Waals surface area contributed by atoms with Crippen molar-refractivity contribution >= 4 is 16.9 Å². The number of benzene rings is 1. The molecule has 1 aliphatic heterocycles. The van der Waals surface area contributed by atoms with E-state index < -0.39 is 0 Å². The van der Waals surface area contributed by atoms with Crippen LogP contribution in [0.1, 0.15) is 30.9 Å². The van der Waals surface area contributed by atoms with Gasteiger partial charge in [-0.3, -0.25) is 9.69 Å². The summed E-state index contributed by atoms with van der Waals surface area (Å²) in [7, 11) is 0. The molecule has 1 saturated heterocycles. The van der Waals surface area contributed by atoms with Gasteiger partial charge in [-0.1, -0.05) is 12.1 Å². The molecule has 0 saturated carbocycles. The number of nitrogens with zero attached hydrogens (tertiary/aromatic N) is 1. The maximum absolute atomic E-state index is 12.0. The molecule has 2 heterocycles. The lowest BCUT2D eigenvalue weighted by Crippen LogP contribution is -2.39. The van der Waals surface area contributed by atoms with E-state index in [1.54, 1.807) is 6.07 Å². The first-order valence-corrected chi connectivity index (χ1v) is 8.49. The second-order valence-electron chi connectivity index (χ2n) is 6.42. The number of carbonyl (C=O) groups is 1. The van der Waals surface area contributed by atoms with Crippen LogP contribution in [-0.4, -0.2) is 30.6 Å². The highest BCUT2D eigenvalue weighted by Gasteiger charge is 2.27. The number of aryl methyl sites for hydroxylation is 1. The minimum atomic E-state index is -0.331. The molecular formula is C19H23NO4. The molecule has 1 aliphatic rings. The van der Waals surface area contributed by atoms with E-state index >= 15 is 0 Å². The van der Waals surface area contributed by atoms with Crippen molar-refractivity contribution in [3.8, 4) is 0 Å². The van der Waals surface area contributed by atoms with Crippen LogP contribution in [0.5, 0.6) is 0 Å². The van der Waals surface area contributed by atoms with Crippen molar-refractivity contribution in [3.05, 3.63) is 45.8 Å². The Balaban J connectivity index is 1.82. The Kier molecular flexibility index (Phi) is 5.00. The van der Waals surface area contributed by atoms with Crippen molar-refractivity contribution in [2.45, 2.75) is 33.2 Å². The Bertz CT molecular complexity index is 796. The number of likely N-dealkylation sites (tertiary alicyclic amines) is 1. The molecule has 5 nitrogen and oxygen atoms in total. The first-order valence-electron chi connectivity index (χ1n) is 8.49. The van der Waals surface area contributed by atoms with Crippen LogP contribution in [0.4, 0.5) is 0 Å². The summed E-state index contributed by atoms with van der Waals surface area (Å²) in [5.74, 6) is -0.192. The highest BCUT2D eigenvalue weighted by molar-refractivity contribution is 5.80. The number of esters is 1. The zero-order valence-corrected chi connectivity index (χ0v) is 14.2. The van der Waals surface area contributed by atoms with E-state index in [1.165, 1.54) is 0 Å². The number of rotatable bonds is 4. The second kappa shape index (κ2) is 7.18. The zero-order valence-electron chi connectivity index (χ0n) is 14.2. The molecule has 3 rings (SSSR count). The Hall–Kier alpha value is -2.14. The third kappa shape index (κ3) is 3.67. The standard InChI is InChI=1S/C19H23NO4/c1-3-23-19(22)14-5-4-8-20(11-14)12-15-10-18(21)24-17-9-13(2)6-7-16(15)17/h6-7,9-10,14H,3-5,8,11-12H2,1-2H3/t14-/m0/s1. The summed E-state index contributed by atoms with van der Waals surface area (Å²) < 4.78 is 10.5. The van der Waals surface area contributed by atoms with Gasteiger partial charge in [0, 0.05) is 24.5 Å². The maximum Gasteiger partial charge on any atom is 0.336 e. The summed E-state index contributed by atoms with van der Waals surface area (Å²) in [6.07, 6.45) is 1.83. The minimum absolute atomic E-state index is 0.0765. The van der Waals surface area contributed by atoms with E-state index in [4.69, 9.17) is 9.15 Å². The fourth-order valence-electron chi connectivity index (χ4n) is 3.36. The van der Waals surface area contributed by atoms with Gasteiger partial charge in [0.25, 0.3) is 0 Å². The van der Waals surface area contributed by atoms with E-state index in [0.717, 1.165) is 35.9 Å². The molecular weight excluding hydrogens is 306 g/mol. The molecule has 0 aliphatic carbocycles. The van der Waals surface area contributed by atoms with Crippen molar-refractivity contribution in [3.63, 3.8) is 0 Å². The number of hydrogen-bond donors (Lipinski definition) is 0. The topological polar surface area (TPSA) is 59.8 Å². The summed E-state index contributed by atoms with van der Waals surface area (Å²) in [4.78, 5) is 26.1. The zero-order chi connectivity index (χ0) is 17.1. The summed E-state index contributed by atoms with van der Waals surface area (Å²) in [5.41, 5.74) is 2.30. The van der Waals surface area contributed by atoms with Gasteiger partial charge in [0.2, 0.25) is 0 Å². The SMILES string of the molecule is CCOC(=O)[C@H]1CCCN(Cc2cc(=O)oc3cc(C)ccc23)C1. The van der Waals surface area contributed by atoms with Gasteiger partial charge in [-0.15, -0.1) is 0 Å². The summed E-state index contributed by atoms with van der Waals surface area (Å²) in [6, 6.07) is 7.46. The van der Waals surface area contributed by atoms with Crippen molar-refractivity contribution < 1.29 is 13.9 Å². The number of piperidine rings is 1. The molecule has 0 unspecified atom stereocenters. The quantitative estimate of drug-likeness (QED) is 0.638. The monoisotopic (exact) mass is 329 g/mol. The molecule has 1 atom stereocenters. The van der Waals surface area contributed by atoms with Gasteiger partial charge in [-0.05, 0) is 50.4 Å². The van der Waals surface area contributed by atoms with Crippen LogP contribution >= 0.6 is 0 Å². The molecule has 1 aromatic heterocycles. The van der Waals surface area contributed by atoms with Gasteiger partial charge in [-0.2, -0.15) is 0 Å². The van der Waals surface area contributed by atoms with E-state index in [0.29, 0.717) is 25.3 Å². The molecule has 24 heavy (non-hydrogen) atoms. The molecule has 0 amide bonds. The van der Waals surface area contributed by atoms with E-state index in [2.05, 4.69) is 4.90 Å². The number of carbonyl (C=O) groups excluding carboxylic acids is 1. The predicted octanol–water partition coefficient (Wildman–Crippen LogP) is 2.88. The van der Waals surface area contributed by atoms with Crippen LogP contribution in [0.15, 0.2) is 33.5 Å². The molecule has 128 valence electrons. The third-order valence-corrected chi connectivity index (χ3v) is 4.51. The Morgan fingerprint density at radius 2 is 2.21 bits per heavy atom. The fourth-order valence-corrected chi connectivity index (χ4v) is 3.36. The maximum atomic E-state index is 12.0. The lowest BCUT2D eigenvalue weighted by atomic mass is 9.97.